The number of fused-ring (bicyclic) bond motifs is 1. The SMILES string of the molecule is O=C(O)CCN1CCC(n2c(=O)[nH]c3ncccc32)CC1. The Hall–Kier alpha value is -2.15. The largest absolute Gasteiger partial charge is 0.481 e. The lowest BCUT2D eigenvalue weighted by atomic mass is 10.0. The molecule has 7 nitrogen and oxygen atoms in total. The molecule has 1 fully saturated rings. The van der Waals surface area contributed by atoms with Crippen LogP contribution in [0.2, 0.25) is 0 Å². The first-order valence-corrected chi connectivity index (χ1v) is 7.14. The Morgan fingerprint density at radius 1 is 1.43 bits per heavy atom. The highest BCUT2D eigenvalue weighted by Gasteiger charge is 2.23. The number of aromatic nitrogens is 3. The Bertz CT molecular complexity index is 698. The van der Waals surface area contributed by atoms with Crippen LogP contribution < -0.4 is 5.69 Å². The summed E-state index contributed by atoms with van der Waals surface area (Å²) < 4.78 is 1.79. The van der Waals surface area contributed by atoms with Crippen molar-refractivity contribution < 1.29 is 9.90 Å². The number of imidazole rings is 1. The van der Waals surface area contributed by atoms with Crippen molar-refractivity contribution >= 4 is 17.1 Å². The van der Waals surface area contributed by atoms with Crippen LogP contribution in [-0.4, -0.2) is 50.1 Å². The molecule has 0 spiro atoms. The molecule has 0 radical (unpaired) electrons. The molecule has 3 heterocycles. The number of nitrogens with one attached hydrogen (secondary N) is 1. The maximum absolute atomic E-state index is 12.1. The van der Waals surface area contributed by atoms with E-state index in [0.29, 0.717) is 12.2 Å². The number of piperidine rings is 1. The second-order valence-electron chi connectivity index (χ2n) is 5.39. The average molecular weight is 290 g/mol. The van der Waals surface area contributed by atoms with E-state index >= 15 is 0 Å². The summed E-state index contributed by atoms with van der Waals surface area (Å²) in [5, 5.41) is 8.72. The van der Waals surface area contributed by atoms with E-state index in [4.69, 9.17) is 5.11 Å². The highest BCUT2D eigenvalue weighted by Crippen LogP contribution is 2.24. The van der Waals surface area contributed by atoms with E-state index in [1.165, 1.54) is 0 Å². The fourth-order valence-corrected chi connectivity index (χ4v) is 2.98. The molecule has 0 saturated carbocycles. The molecule has 0 aromatic carbocycles. The maximum atomic E-state index is 12.1. The van der Waals surface area contributed by atoms with Crippen LogP contribution in [0.25, 0.3) is 11.2 Å². The lowest BCUT2D eigenvalue weighted by Crippen LogP contribution is -2.37. The van der Waals surface area contributed by atoms with Gasteiger partial charge in [-0.1, -0.05) is 0 Å². The molecule has 21 heavy (non-hydrogen) atoms. The van der Waals surface area contributed by atoms with E-state index in [2.05, 4.69) is 14.9 Å². The Kier molecular flexibility index (Phi) is 3.74. The van der Waals surface area contributed by atoms with E-state index in [1.807, 2.05) is 12.1 Å². The summed E-state index contributed by atoms with van der Waals surface area (Å²) in [6.45, 7) is 2.21. The van der Waals surface area contributed by atoms with Crippen LogP contribution in [0.15, 0.2) is 23.1 Å². The van der Waals surface area contributed by atoms with Crippen LogP contribution in [0.1, 0.15) is 25.3 Å². The van der Waals surface area contributed by atoms with Crippen LogP contribution in [0.5, 0.6) is 0 Å². The van der Waals surface area contributed by atoms with Crippen molar-refractivity contribution in [3.63, 3.8) is 0 Å². The van der Waals surface area contributed by atoms with Crippen LogP contribution in [-0.2, 0) is 4.79 Å². The number of pyridine rings is 1. The van der Waals surface area contributed by atoms with Gasteiger partial charge < -0.3 is 10.0 Å². The first kappa shape index (κ1) is 13.8. The first-order valence-electron chi connectivity index (χ1n) is 7.14. The molecule has 0 aliphatic carbocycles. The molecule has 0 atom stereocenters. The van der Waals surface area contributed by atoms with Gasteiger partial charge in [-0.15, -0.1) is 0 Å². The number of likely N-dealkylation sites (tertiary alicyclic amines) is 1. The fourth-order valence-electron chi connectivity index (χ4n) is 2.98. The number of aliphatic carboxylic acids is 1. The summed E-state index contributed by atoms with van der Waals surface area (Å²) in [7, 11) is 0. The summed E-state index contributed by atoms with van der Waals surface area (Å²) in [4.78, 5) is 31.8. The predicted octanol–water partition coefficient (Wildman–Crippen LogP) is 0.836. The van der Waals surface area contributed by atoms with Crippen molar-refractivity contribution in [1.82, 2.24) is 19.4 Å². The molecule has 2 aromatic heterocycles. The minimum atomic E-state index is -0.768. The number of carboxylic acid groups (broad SMARTS) is 1. The zero-order valence-electron chi connectivity index (χ0n) is 11.7. The van der Waals surface area contributed by atoms with Gasteiger partial charge in [0.05, 0.1) is 11.9 Å². The minimum absolute atomic E-state index is 0.118. The summed E-state index contributed by atoms with van der Waals surface area (Å²) in [6.07, 6.45) is 3.53. The van der Waals surface area contributed by atoms with E-state index in [-0.39, 0.29) is 18.2 Å². The van der Waals surface area contributed by atoms with Gasteiger partial charge in [-0.05, 0) is 25.0 Å². The normalized spacial score (nSPS) is 17.3. The number of nitrogens with zero attached hydrogens (tertiary/aromatic N) is 3. The third-order valence-electron chi connectivity index (χ3n) is 4.05. The molecule has 0 bridgehead atoms. The number of H-pyrrole nitrogens is 1. The molecule has 0 amide bonds. The Balaban J connectivity index is 1.73. The molecule has 1 aliphatic heterocycles. The average Bonchev–Trinajstić information content (AvgIpc) is 2.81. The van der Waals surface area contributed by atoms with Gasteiger partial charge in [0, 0.05) is 31.9 Å². The lowest BCUT2D eigenvalue weighted by Gasteiger charge is -2.32. The molecule has 1 aliphatic rings. The maximum Gasteiger partial charge on any atom is 0.327 e. The van der Waals surface area contributed by atoms with Gasteiger partial charge in [-0.25, -0.2) is 9.78 Å². The lowest BCUT2D eigenvalue weighted by molar-refractivity contribution is -0.137. The number of hydrogen-bond donors (Lipinski definition) is 2. The summed E-state index contributed by atoms with van der Waals surface area (Å²) in [6, 6.07) is 3.88. The smallest absolute Gasteiger partial charge is 0.327 e. The van der Waals surface area contributed by atoms with Gasteiger partial charge in [0.1, 0.15) is 0 Å². The summed E-state index contributed by atoms with van der Waals surface area (Å²) in [5.41, 5.74) is 1.34. The van der Waals surface area contributed by atoms with Gasteiger partial charge in [-0.2, -0.15) is 0 Å². The van der Waals surface area contributed by atoms with E-state index in [9.17, 15) is 9.59 Å². The molecule has 7 heteroatoms. The summed E-state index contributed by atoms with van der Waals surface area (Å²) >= 11 is 0. The van der Waals surface area contributed by atoms with Crippen molar-refractivity contribution in [3.8, 4) is 0 Å². The van der Waals surface area contributed by atoms with Crippen LogP contribution >= 0.6 is 0 Å². The molecule has 0 unspecified atom stereocenters. The van der Waals surface area contributed by atoms with E-state index in [0.717, 1.165) is 31.4 Å². The quantitative estimate of drug-likeness (QED) is 0.870. The number of aromatic amines is 1. The van der Waals surface area contributed by atoms with Crippen molar-refractivity contribution in [2.75, 3.05) is 19.6 Å². The third kappa shape index (κ3) is 2.82. The number of rotatable bonds is 4. The van der Waals surface area contributed by atoms with Crippen molar-refractivity contribution in [2.24, 2.45) is 0 Å². The Morgan fingerprint density at radius 3 is 2.90 bits per heavy atom. The molecule has 112 valence electrons. The van der Waals surface area contributed by atoms with Gasteiger partial charge in [0.25, 0.3) is 0 Å². The van der Waals surface area contributed by atoms with E-state index in [1.54, 1.807) is 10.8 Å². The molecule has 3 rings (SSSR count). The zero-order valence-corrected chi connectivity index (χ0v) is 11.7. The van der Waals surface area contributed by atoms with Gasteiger partial charge in [0.2, 0.25) is 0 Å². The highest BCUT2D eigenvalue weighted by atomic mass is 16.4. The predicted molar refractivity (Wildman–Crippen MR) is 77.3 cm³/mol. The van der Waals surface area contributed by atoms with Gasteiger partial charge in [0.15, 0.2) is 5.65 Å². The van der Waals surface area contributed by atoms with Crippen molar-refractivity contribution in [3.05, 3.63) is 28.8 Å². The van der Waals surface area contributed by atoms with E-state index < -0.39 is 5.97 Å². The standard InChI is InChI=1S/C14H18N4O3/c19-12(20)5-9-17-7-3-10(4-8-17)18-11-2-1-6-15-13(11)16-14(18)21/h1-2,6,10H,3-5,7-9H2,(H,19,20)(H,15,16,21). The molecule has 2 N–H and O–H groups in total. The van der Waals surface area contributed by atoms with Crippen molar-refractivity contribution in [2.45, 2.75) is 25.3 Å². The first-order chi connectivity index (χ1) is 10.1. The van der Waals surface area contributed by atoms with Gasteiger partial charge >= 0.3 is 11.7 Å². The molecular formula is C14H18N4O3. The highest BCUT2D eigenvalue weighted by molar-refractivity contribution is 5.70. The topological polar surface area (TPSA) is 91.2 Å². The monoisotopic (exact) mass is 290 g/mol. The number of hydrogen-bond acceptors (Lipinski definition) is 4. The molecule has 1 saturated heterocycles. The third-order valence-corrected chi connectivity index (χ3v) is 4.05. The molecular weight excluding hydrogens is 272 g/mol. The second-order valence-corrected chi connectivity index (χ2v) is 5.39. The zero-order chi connectivity index (χ0) is 14.8. The second kappa shape index (κ2) is 5.69. The van der Waals surface area contributed by atoms with Crippen LogP contribution in [0.3, 0.4) is 0 Å². The number of carboxylic acids is 1. The van der Waals surface area contributed by atoms with Crippen molar-refractivity contribution in [1.29, 1.82) is 0 Å². The Labute approximate surface area is 121 Å². The Morgan fingerprint density at radius 2 is 2.19 bits per heavy atom. The van der Waals surface area contributed by atoms with Crippen LogP contribution in [0, 0.1) is 0 Å². The number of carbonyl (C=O) groups is 1. The summed E-state index contributed by atoms with van der Waals surface area (Å²) in [5.74, 6) is -0.768. The fraction of sp³-hybridized carbons (Fsp3) is 0.500. The minimum Gasteiger partial charge on any atom is -0.481 e. The van der Waals surface area contributed by atoms with Gasteiger partial charge in [-0.3, -0.25) is 14.3 Å². The van der Waals surface area contributed by atoms with Crippen LogP contribution in [0.4, 0.5) is 0 Å². The molecule has 2 aromatic rings.